The molecule has 1 N–H and O–H groups in total. The molecule has 1 aromatic carbocycles. The zero-order valence-corrected chi connectivity index (χ0v) is 9.22. The summed E-state index contributed by atoms with van der Waals surface area (Å²) in [5, 5.41) is 7.36. The van der Waals surface area contributed by atoms with Gasteiger partial charge < -0.3 is 5.32 Å². The van der Waals surface area contributed by atoms with E-state index in [1.54, 1.807) is 23.5 Å². The van der Waals surface area contributed by atoms with Crippen molar-refractivity contribution in [1.29, 1.82) is 0 Å². The molecule has 1 unspecified atom stereocenters. The van der Waals surface area contributed by atoms with Gasteiger partial charge in [0.25, 0.3) is 0 Å². The van der Waals surface area contributed by atoms with E-state index in [4.69, 9.17) is 0 Å². The molecule has 0 radical (unpaired) electrons. The van der Waals surface area contributed by atoms with Gasteiger partial charge in [-0.25, -0.2) is 4.39 Å². The van der Waals surface area contributed by atoms with Crippen molar-refractivity contribution >= 4 is 17.0 Å². The lowest BCUT2D eigenvalue weighted by atomic mass is 10.1. The molecule has 1 atom stereocenters. The van der Waals surface area contributed by atoms with E-state index < -0.39 is 0 Å². The van der Waals surface area contributed by atoms with Crippen LogP contribution in [0.2, 0.25) is 0 Å². The van der Waals surface area contributed by atoms with Crippen LogP contribution in [-0.4, -0.2) is 0 Å². The number of anilines is 1. The largest absolute Gasteiger partial charge is 0.378 e. The number of halogens is 1. The zero-order valence-electron chi connectivity index (χ0n) is 8.41. The smallest absolute Gasteiger partial charge is 0.123 e. The van der Waals surface area contributed by atoms with E-state index in [0.717, 1.165) is 11.3 Å². The molecule has 0 fully saturated rings. The van der Waals surface area contributed by atoms with Gasteiger partial charge >= 0.3 is 0 Å². The Labute approximate surface area is 92.6 Å². The first kappa shape index (κ1) is 10.2. The fraction of sp³-hybridized carbons (Fsp3) is 0.167. The molecule has 1 nitrogen and oxygen atoms in total. The van der Waals surface area contributed by atoms with E-state index in [2.05, 4.69) is 5.32 Å². The summed E-state index contributed by atoms with van der Waals surface area (Å²) in [7, 11) is 0. The quantitative estimate of drug-likeness (QED) is 0.824. The number of rotatable bonds is 3. The first-order chi connectivity index (χ1) is 7.25. The van der Waals surface area contributed by atoms with Crippen LogP contribution in [-0.2, 0) is 0 Å². The van der Waals surface area contributed by atoms with Gasteiger partial charge in [-0.05, 0) is 36.1 Å². The molecule has 2 aromatic rings. The Morgan fingerprint density at radius 2 is 2.20 bits per heavy atom. The van der Waals surface area contributed by atoms with Crippen molar-refractivity contribution in [2.24, 2.45) is 0 Å². The highest BCUT2D eigenvalue weighted by Gasteiger charge is 2.05. The molecule has 0 aliphatic rings. The first-order valence-corrected chi connectivity index (χ1v) is 5.74. The number of benzene rings is 1. The van der Waals surface area contributed by atoms with Gasteiger partial charge in [-0.3, -0.25) is 0 Å². The van der Waals surface area contributed by atoms with Crippen LogP contribution in [0.4, 0.5) is 10.1 Å². The predicted molar refractivity (Wildman–Crippen MR) is 62.8 cm³/mol. The van der Waals surface area contributed by atoms with Crippen LogP contribution in [0.3, 0.4) is 0 Å². The third-order valence-electron chi connectivity index (χ3n) is 2.25. The second-order valence-corrected chi connectivity index (χ2v) is 4.21. The van der Waals surface area contributed by atoms with Crippen molar-refractivity contribution in [3.63, 3.8) is 0 Å². The maximum atomic E-state index is 13.0. The highest BCUT2D eigenvalue weighted by molar-refractivity contribution is 7.08. The average Bonchev–Trinajstić information content (AvgIpc) is 2.70. The number of hydrogen-bond acceptors (Lipinski definition) is 2. The summed E-state index contributed by atoms with van der Waals surface area (Å²) in [6, 6.07) is 8.81. The molecule has 0 bridgehead atoms. The maximum Gasteiger partial charge on any atom is 0.123 e. The molecule has 0 aliphatic carbocycles. The van der Waals surface area contributed by atoms with Gasteiger partial charge in [0.05, 0.1) is 0 Å². The molecule has 78 valence electrons. The molecule has 0 spiro atoms. The second-order valence-electron chi connectivity index (χ2n) is 3.43. The van der Waals surface area contributed by atoms with E-state index in [0.29, 0.717) is 0 Å². The van der Waals surface area contributed by atoms with E-state index in [-0.39, 0.29) is 11.9 Å². The van der Waals surface area contributed by atoms with Crippen LogP contribution in [0.1, 0.15) is 18.5 Å². The Morgan fingerprint density at radius 1 is 1.33 bits per heavy atom. The van der Waals surface area contributed by atoms with E-state index in [9.17, 15) is 4.39 Å². The van der Waals surface area contributed by atoms with Crippen LogP contribution in [0, 0.1) is 5.82 Å². The molecule has 2 rings (SSSR count). The highest BCUT2D eigenvalue weighted by Crippen LogP contribution is 2.21. The third kappa shape index (κ3) is 2.57. The lowest BCUT2D eigenvalue weighted by Crippen LogP contribution is -2.05. The van der Waals surface area contributed by atoms with E-state index in [1.165, 1.54) is 6.07 Å². The lowest BCUT2D eigenvalue weighted by molar-refractivity contribution is 0.623. The van der Waals surface area contributed by atoms with Crippen molar-refractivity contribution in [3.05, 3.63) is 52.5 Å². The number of nitrogens with one attached hydrogen (secondary N) is 1. The minimum atomic E-state index is -0.188. The molecule has 0 amide bonds. The summed E-state index contributed by atoms with van der Waals surface area (Å²) in [5.74, 6) is -0.188. The molecule has 0 saturated heterocycles. The van der Waals surface area contributed by atoms with Crippen LogP contribution in [0.15, 0.2) is 41.1 Å². The van der Waals surface area contributed by atoms with Crippen LogP contribution < -0.4 is 5.32 Å². The Morgan fingerprint density at radius 3 is 2.87 bits per heavy atom. The first-order valence-electron chi connectivity index (χ1n) is 4.80. The highest BCUT2D eigenvalue weighted by atomic mass is 32.1. The standard InChI is InChI=1S/C12H12FNS/c1-9(14-12-5-6-15-8-12)10-3-2-4-11(13)7-10/h2-9,14H,1H3. The monoisotopic (exact) mass is 221 g/mol. The lowest BCUT2D eigenvalue weighted by Gasteiger charge is -2.14. The number of hydrogen-bond donors (Lipinski definition) is 1. The Balaban J connectivity index is 2.11. The molecule has 3 heteroatoms. The van der Waals surface area contributed by atoms with Gasteiger partial charge in [-0.2, -0.15) is 11.3 Å². The molecule has 1 aromatic heterocycles. The van der Waals surface area contributed by atoms with Gasteiger partial charge in [-0.15, -0.1) is 0 Å². The Bertz CT molecular complexity index is 425. The summed E-state index contributed by atoms with van der Waals surface area (Å²) >= 11 is 1.64. The van der Waals surface area contributed by atoms with Crippen LogP contribution >= 0.6 is 11.3 Å². The Hall–Kier alpha value is -1.35. The molecule has 0 saturated carbocycles. The average molecular weight is 221 g/mol. The molecule has 15 heavy (non-hydrogen) atoms. The normalized spacial score (nSPS) is 12.4. The Kier molecular flexibility index (Phi) is 3.02. The third-order valence-corrected chi connectivity index (χ3v) is 2.94. The minimum Gasteiger partial charge on any atom is -0.378 e. The summed E-state index contributed by atoms with van der Waals surface area (Å²) in [5.41, 5.74) is 2.04. The van der Waals surface area contributed by atoms with Crippen molar-refractivity contribution in [1.82, 2.24) is 0 Å². The van der Waals surface area contributed by atoms with Gasteiger partial charge in [0.2, 0.25) is 0 Å². The van der Waals surface area contributed by atoms with Gasteiger partial charge in [0.15, 0.2) is 0 Å². The van der Waals surface area contributed by atoms with E-state index >= 15 is 0 Å². The van der Waals surface area contributed by atoms with Crippen molar-refractivity contribution in [3.8, 4) is 0 Å². The van der Waals surface area contributed by atoms with Crippen LogP contribution in [0.5, 0.6) is 0 Å². The maximum absolute atomic E-state index is 13.0. The van der Waals surface area contributed by atoms with Gasteiger partial charge in [0, 0.05) is 17.1 Å². The molecule has 0 aliphatic heterocycles. The van der Waals surface area contributed by atoms with Crippen molar-refractivity contribution in [2.75, 3.05) is 5.32 Å². The zero-order chi connectivity index (χ0) is 10.7. The second kappa shape index (κ2) is 4.45. The van der Waals surface area contributed by atoms with Gasteiger partial charge in [0.1, 0.15) is 5.82 Å². The molecular formula is C12H12FNS. The summed E-state index contributed by atoms with van der Waals surface area (Å²) in [6.45, 7) is 2.02. The topological polar surface area (TPSA) is 12.0 Å². The number of thiophene rings is 1. The van der Waals surface area contributed by atoms with Crippen molar-refractivity contribution in [2.45, 2.75) is 13.0 Å². The fourth-order valence-electron chi connectivity index (χ4n) is 1.46. The summed E-state index contributed by atoms with van der Waals surface area (Å²) < 4.78 is 13.0. The molecule has 1 heterocycles. The SMILES string of the molecule is CC(Nc1ccsc1)c1cccc(F)c1. The van der Waals surface area contributed by atoms with Gasteiger partial charge in [-0.1, -0.05) is 12.1 Å². The summed E-state index contributed by atoms with van der Waals surface area (Å²) in [4.78, 5) is 0. The van der Waals surface area contributed by atoms with E-state index in [1.807, 2.05) is 29.8 Å². The van der Waals surface area contributed by atoms with Crippen LogP contribution in [0.25, 0.3) is 0 Å². The fourth-order valence-corrected chi connectivity index (χ4v) is 2.05. The molecular weight excluding hydrogens is 209 g/mol. The summed E-state index contributed by atoms with van der Waals surface area (Å²) in [6.07, 6.45) is 0. The van der Waals surface area contributed by atoms with Crippen molar-refractivity contribution < 1.29 is 4.39 Å². The predicted octanol–water partition coefficient (Wildman–Crippen LogP) is 4.06. The minimum absolute atomic E-state index is 0.121.